The van der Waals surface area contributed by atoms with E-state index in [1.807, 2.05) is 51.0 Å². The van der Waals surface area contributed by atoms with Gasteiger partial charge in [-0.25, -0.2) is 9.97 Å². The van der Waals surface area contributed by atoms with E-state index in [0.29, 0.717) is 0 Å². The van der Waals surface area contributed by atoms with E-state index < -0.39 is 0 Å². The third-order valence-corrected chi connectivity index (χ3v) is 5.07. The second kappa shape index (κ2) is 8.92. The normalized spacial score (nSPS) is 11.4. The molecule has 29 heavy (non-hydrogen) atoms. The fourth-order valence-corrected chi connectivity index (χ4v) is 3.57. The molecule has 0 unspecified atom stereocenters. The number of imidazole rings is 2. The zero-order chi connectivity index (χ0) is 20.1. The van der Waals surface area contributed by atoms with Crippen LogP contribution in [-0.2, 0) is 19.6 Å². The number of nitrogens with zero attached hydrogens (tertiary/aromatic N) is 5. The molecule has 150 valence electrons. The van der Waals surface area contributed by atoms with Crippen LogP contribution in [0.4, 0.5) is 0 Å². The van der Waals surface area contributed by atoms with Gasteiger partial charge < -0.3 is 13.6 Å². The number of hydrogen-bond donors (Lipinski definition) is 0. The summed E-state index contributed by atoms with van der Waals surface area (Å²) in [4.78, 5) is 10.9. The summed E-state index contributed by atoms with van der Waals surface area (Å²) in [6.45, 7) is 7.64. The van der Waals surface area contributed by atoms with Gasteiger partial charge in [0, 0.05) is 50.1 Å². The minimum absolute atomic E-state index is 0.806. The molecule has 0 aliphatic heterocycles. The van der Waals surface area contributed by atoms with Gasteiger partial charge in [0.2, 0.25) is 0 Å². The van der Waals surface area contributed by atoms with Gasteiger partial charge in [-0.1, -0.05) is 12.1 Å². The molecule has 6 nitrogen and oxygen atoms in total. The van der Waals surface area contributed by atoms with E-state index in [4.69, 9.17) is 4.42 Å². The zero-order valence-electron chi connectivity index (χ0n) is 17.0. The van der Waals surface area contributed by atoms with E-state index in [0.717, 1.165) is 55.6 Å². The first-order valence-electron chi connectivity index (χ1n) is 10.00. The third-order valence-electron chi connectivity index (χ3n) is 5.07. The summed E-state index contributed by atoms with van der Waals surface area (Å²) in [5, 5.41) is 0. The van der Waals surface area contributed by atoms with Crippen LogP contribution in [0.25, 0.3) is 5.69 Å². The molecule has 0 spiro atoms. The Morgan fingerprint density at radius 2 is 1.83 bits per heavy atom. The fourth-order valence-electron chi connectivity index (χ4n) is 3.57. The Bertz CT molecular complexity index is 1010. The van der Waals surface area contributed by atoms with Crippen LogP contribution in [0.2, 0.25) is 0 Å². The fraction of sp³-hybridized carbons (Fsp3) is 0.304. The molecule has 0 saturated carbocycles. The van der Waals surface area contributed by atoms with Crippen LogP contribution in [-0.4, -0.2) is 30.5 Å². The van der Waals surface area contributed by atoms with Crippen LogP contribution in [0, 0.1) is 13.8 Å². The molecule has 0 fully saturated rings. The van der Waals surface area contributed by atoms with Crippen LogP contribution in [0.1, 0.15) is 29.3 Å². The average Bonchev–Trinajstić information content (AvgIpc) is 3.46. The minimum Gasteiger partial charge on any atom is -0.465 e. The predicted molar refractivity (Wildman–Crippen MR) is 113 cm³/mol. The monoisotopic (exact) mass is 389 g/mol. The molecule has 6 heteroatoms. The molecule has 0 atom stereocenters. The summed E-state index contributed by atoms with van der Waals surface area (Å²) in [5.41, 5.74) is 2.43. The topological polar surface area (TPSA) is 52.0 Å². The number of furan rings is 1. The summed E-state index contributed by atoms with van der Waals surface area (Å²) < 4.78 is 10.0. The molecule has 0 aliphatic carbocycles. The van der Waals surface area contributed by atoms with Gasteiger partial charge in [0.1, 0.15) is 17.3 Å². The van der Waals surface area contributed by atoms with Crippen molar-refractivity contribution in [3.63, 3.8) is 0 Å². The zero-order valence-corrected chi connectivity index (χ0v) is 17.0. The number of benzene rings is 1. The van der Waals surface area contributed by atoms with E-state index in [9.17, 15) is 0 Å². The molecule has 0 amide bonds. The van der Waals surface area contributed by atoms with Gasteiger partial charge in [-0.05, 0) is 50.1 Å². The third kappa shape index (κ3) is 5.03. The molecule has 4 rings (SSSR count). The lowest BCUT2D eigenvalue weighted by atomic mass is 10.1. The molecule has 4 aromatic rings. The van der Waals surface area contributed by atoms with Gasteiger partial charge in [0.25, 0.3) is 0 Å². The Hall–Kier alpha value is -3.12. The molecule has 0 radical (unpaired) electrons. The Labute approximate surface area is 171 Å². The molecule has 0 N–H and O–H groups in total. The maximum Gasteiger partial charge on any atom is 0.118 e. The lowest BCUT2D eigenvalue weighted by Crippen LogP contribution is -2.24. The molecular formula is C23H27N5O. The number of aryl methyl sites for hydroxylation is 3. The van der Waals surface area contributed by atoms with Crippen LogP contribution in [0.3, 0.4) is 0 Å². The Kier molecular flexibility index (Phi) is 5.91. The van der Waals surface area contributed by atoms with Gasteiger partial charge in [0.05, 0.1) is 12.9 Å². The SMILES string of the molecule is Cc1ccc(CN(CCCn2ccnc2)Cc2ccc(-n3ccnc3C)cc2)o1. The van der Waals surface area contributed by atoms with Crippen molar-refractivity contribution in [2.75, 3.05) is 6.54 Å². The van der Waals surface area contributed by atoms with Gasteiger partial charge >= 0.3 is 0 Å². The van der Waals surface area contributed by atoms with E-state index in [1.54, 1.807) is 0 Å². The van der Waals surface area contributed by atoms with Crippen LogP contribution in [0.5, 0.6) is 0 Å². The van der Waals surface area contributed by atoms with Crippen molar-refractivity contribution in [3.8, 4) is 5.69 Å². The average molecular weight is 390 g/mol. The molecule has 1 aromatic carbocycles. The van der Waals surface area contributed by atoms with Crippen molar-refractivity contribution < 1.29 is 4.42 Å². The van der Waals surface area contributed by atoms with E-state index in [1.165, 1.54) is 5.56 Å². The quantitative estimate of drug-likeness (QED) is 0.426. The van der Waals surface area contributed by atoms with Gasteiger partial charge in [-0.3, -0.25) is 4.90 Å². The molecular weight excluding hydrogens is 362 g/mol. The number of rotatable bonds is 9. The van der Waals surface area contributed by atoms with E-state index in [-0.39, 0.29) is 0 Å². The highest BCUT2D eigenvalue weighted by atomic mass is 16.3. The number of hydrogen-bond acceptors (Lipinski definition) is 4. The van der Waals surface area contributed by atoms with Crippen molar-refractivity contribution in [1.29, 1.82) is 0 Å². The predicted octanol–water partition coefficient (Wildman–Crippen LogP) is 4.37. The largest absolute Gasteiger partial charge is 0.465 e. The van der Waals surface area contributed by atoms with Crippen molar-refractivity contribution >= 4 is 0 Å². The van der Waals surface area contributed by atoms with Gasteiger partial charge in [0.15, 0.2) is 0 Å². The summed E-state index contributed by atoms with van der Waals surface area (Å²) in [5.74, 6) is 2.96. The molecule has 3 aromatic heterocycles. The van der Waals surface area contributed by atoms with Crippen molar-refractivity contribution in [1.82, 2.24) is 24.0 Å². The summed E-state index contributed by atoms with van der Waals surface area (Å²) in [6.07, 6.45) is 10.6. The molecule has 0 bridgehead atoms. The maximum absolute atomic E-state index is 5.82. The highest BCUT2D eigenvalue weighted by Crippen LogP contribution is 2.16. The van der Waals surface area contributed by atoms with E-state index >= 15 is 0 Å². The van der Waals surface area contributed by atoms with Crippen LogP contribution < -0.4 is 0 Å². The Morgan fingerprint density at radius 1 is 0.966 bits per heavy atom. The Morgan fingerprint density at radius 3 is 2.48 bits per heavy atom. The second-order valence-electron chi connectivity index (χ2n) is 7.39. The Balaban J connectivity index is 1.42. The van der Waals surface area contributed by atoms with E-state index in [2.05, 4.69) is 54.3 Å². The van der Waals surface area contributed by atoms with Crippen molar-refractivity contribution in [2.24, 2.45) is 0 Å². The first-order valence-corrected chi connectivity index (χ1v) is 10.00. The molecule has 0 saturated heterocycles. The standard InChI is InChI=1S/C23H27N5O/c1-19-4-9-23(29-19)17-27(13-3-12-26-14-10-24-18-26)16-21-5-7-22(8-6-21)28-15-11-25-20(28)2/h4-11,14-15,18H,3,12-13,16-17H2,1-2H3. The van der Waals surface area contributed by atoms with Crippen LogP contribution >= 0.6 is 0 Å². The number of aromatic nitrogens is 4. The lowest BCUT2D eigenvalue weighted by molar-refractivity contribution is 0.227. The van der Waals surface area contributed by atoms with Gasteiger partial charge in [-0.2, -0.15) is 0 Å². The second-order valence-corrected chi connectivity index (χ2v) is 7.39. The first-order chi connectivity index (χ1) is 14.2. The highest BCUT2D eigenvalue weighted by Gasteiger charge is 2.10. The van der Waals surface area contributed by atoms with Crippen molar-refractivity contribution in [3.05, 3.63) is 90.4 Å². The van der Waals surface area contributed by atoms with Crippen molar-refractivity contribution in [2.45, 2.75) is 39.9 Å². The molecule has 0 aliphatic rings. The van der Waals surface area contributed by atoms with Crippen LogP contribution in [0.15, 0.2) is 71.9 Å². The smallest absolute Gasteiger partial charge is 0.118 e. The first kappa shape index (κ1) is 19.2. The summed E-state index contributed by atoms with van der Waals surface area (Å²) in [7, 11) is 0. The summed E-state index contributed by atoms with van der Waals surface area (Å²) >= 11 is 0. The lowest BCUT2D eigenvalue weighted by Gasteiger charge is -2.22. The molecule has 3 heterocycles. The summed E-state index contributed by atoms with van der Waals surface area (Å²) in [6, 6.07) is 12.8. The minimum atomic E-state index is 0.806. The highest BCUT2D eigenvalue weighted by molar-refractivity contribution is 5.35. The van der Waals surface area contributed by atoms with Gasteiger partial charge in [-0.15, -0.1) is 0 Å². The maximum atomic E-state index is 5.82.